The lowest BCUT2D eigenvalue weighted by atomic mass is 10.3. The minimum atomic E-state index is -0.394. The molecule has 0 spiro atoms. The predicted octanol–water partition coefficient (Wildman–Crippen LogP) is 2.46. The summed E-state index contributed by atoms with van der Waals surface area (Å²) in [7, 11) is 0. The smallest absolute Gasteiger partial charge is 0.323 e. The van der Waals surface area contributed by atoms with Crippen LogP contribution in [-0.2, 0) is 11.3 Å². The average Bonchev–Trinajstić information content (AvgIpc) is 3.20. The third kappa shape index (κ3) is 4.72. The van der Waals surface area contributed by atoms with Crippen molar-refractivity contribution in [3.63, 3.8) is 0 Å². The summed E-state index contributed by atoms with van der Waals surface area (Å²) in [6, 6.07) is 6.71. The van der Waals surface area contributed by atoms with E-state index in [1.54, 1.807) is 30.5 Å². The molecule has 0 aliphatic heterocycles. The van der Waals surface area contributed by atoms with Gasteiger partial charge in [-0.1, -0.05) is 11.6 Å². The van der Waals surface area contributed by atoms with Crippen molar-refractivity contribution in [2.75, 3.05) is 10.6 Å². The predicted molar refractivity (Wildman–Crippen MR) is 87.5 cm³/mol. The standard InChI is InChI=1S/C15H16ClN5O2/c16-10-1-3-12(4-2-10)19-15(23)20-13-7-17-21(8-13)9-14(22)18-11-5-6-11/h1-4,7-8,11H,5-6,9H2,(H,18,22)(H2,19,20,23). The van der Waals surface area contributed by atoms with Gasteiger partial charge in [0.1, 0.15) is 6.54 Å². The number of benzene rings is 1. The summed E-state index contributed by atoms with van der Waals surface area (Å²) in [4.78, 5) is 23.6. The summed E-state index contributed by atoms with van der Waals surface area (Å²) in [6.45, 7) is 0.136. The maximum absolute atomic E-state index is 11.9. The van der Waals surface area contributed by atoms with E-state index in [1.807, 2.05) is 0 Å². The Morgan fingerprint density at radius 3 is 2.57 bits per heavy atom. The van der Waals surface area contributed by atoms with Crippen LogP contribution in [0.5, 0.6) is 0 Å². The molecule has 0 unspecified atom stereocenters. The van der Waals surface area contributed by atoms with Crippen LogP contribution in [0.4, 0.5) is 16.2 Å². The van der Waals surface area contributed by atoms with Crippen molar-refractivity contribution in [2.24, 2.45) is 0 Å². The number of hydrogen-bond acceptors (Lipinski definition) is 3. The summed E-state index contributed by atoms with van der Waals surface area (Å²) >= 11 is 5.79. The van der Waals surface area contributed by atoms with Gasteiger partial charge in [-0.3, -0.25) is 9.48 Å². The Balaban J connectivity index is 1.50. The Kier molecular flexibility index (Phi) is 4.47. The van der Waals surface area contributed by atoms with Gasteiger partial charge in [-0.2, -0.15) is 5.10 Å². The molecule has 8 heteroatoms. The molecule has 0 saturated heterocycles. The van der Waals surface area contributed by atoms with Crippen LogP contribution in [0.1, 0.15) is 12.8 Å². The van der Waals surface area contributed by atoms with E-state index in [9.17, 15) is 9.59 Å². The first kappa shape index (κ1) is 15.4. The fourth-order valence-electron chi connectivity index (χ4n) is 1.99. The van der Waals surface area contributed by atoms with Crippen molar-refractivity contribution in [2.45, 2.75) is 25.4 Å². The van der Waals surface area contributed by atoms with Crippen molar-refractivity contribution >= 4 is 34.9 Å². The fourth-order valence-corrected chi connectivity index (χ4v) is 2.12. The van der Waals surface area contributed by atoms with Crippen molar-refractivity contribution in [1.82, 2.24) is 15.1 Å². The van der Waals surface area contributed by atoms with Crippen LogP contribution in [0.2, 0.25) is 5.02 Å². The van der Waals surface area contributed by atoms with Gasteiger partial charge in [0.05, 0.1) is 11.9 Å². The largest absolute Gasteiger partial charge is 0.352 e. The molecule has 1 saturated carbocycles. The Labute approximate surface area is 138 Å². The van der Waals surface area contributed by atoms with Gasteiger partial charge in [0.15, 0.2) is 0 Å². The molecule has 23 heavy (non-hydrogen) atoms. The molecule has 3 amide bonds. The molecule has 1 aromatic carbocycles. The summed E-state index contributed by atoms with van der Waals surface area (Å²) in [6.07, 6.45) is 5.19. The molecule has 1 aliphatic carbocycles. The summed E-state index contributed by atoms with van der Waals surface area (Å²) < 4.78 is 1.48. The average molecular weight is 334 g/mol. The first-order valence-electron chi connectivity index (χ1n) is 7.24. The highest BCUT2D eigenvalue weighted by Gasteiger charge is 2.23. The third-order valence-electron chi connectivity index (χ3n) is 3.24. The number of nitrogens with one attached hydrogen (secondary N) is 3. The molecule has 7 nitrogen and oxygen atoms in total. The van der Waals surface area contributed by atoms with Crippen molar-refractivity contribution in [3.05, 3.63) is 41.7 Å². The molecule has 1 heterocycles. The number of carbonyl (C=O) groups is 2. The highest BCUT2D eigenvalue weighted by molar-refractivity contribution is 6.30. The molecule has 1 aromatic heterocycles. The van der Waals surface area contributed by atoms with Gasteiger partial charge < -0.3 is 16.0 Å². The molecule has 120 valence electrons. The lowest BCUT2D eigenvalue weighted by Crippen LogP contribution is -2.29. The van der Waals surface area contributed by atoms with Crippen molar-refractivity contribution in [1.29, 1.82) is 0 Å². The van der Waals surface area contributed by atoms with Crippen molar-refractivity contribution in [3.8, 4) is 0 Å². The van der Waals surface area contributed by atoms with E-state index in [1.165, 1.54) is 10.9 Å². The minimum absolute atomic E-state index is 0.0761. The number of rotatable bonds is 5. The van der Waals surface area contributed by atoms with E-state index < -0.39 is 6.03 Å². The summed E-state index contributed by atoms with van der Waals surface area (Å²) in [5.41, 5.74) is 1.14. The molecular formula is C15H16ClN5O2. The van der Waals surface area contributed by atoms with Crippen molar-refractivity contribution < 1.29 is 9.59 Å². The second-order valence-electron chi connectivity index (χ2n) is 5.35. The SMILES string of the molecule is O=C(Cn1cc(NC(=O)Nc2ccc(Cl)cc2)cn1)NC1CC1. The summed E-state index contributed by atoms with van der Waals surface area (Å²) in [5, 5.41) is 12.9. The Bertz CT molecular complexity index is 709. The van der Waals surface area contributed by atoms with Crippen LogP contribution in [0.3, 0.4) is 0 Å². The molecule has 2 aromatic rings. The van der Waals surface area contributed by atoms with Crippen LogP contribution in [0.25, 0.3) is 0 Å². The molecule has 3 rings (SSSR count). The molecule has 0 atom stereocenters. The van der Waals surface area contributed by atoms with Gasteiger partial charge in [0, 0.05) is 22.9 Å². The van der Waals surface area contributed by atoms with E-state index in [0.717, 1.165) is 12.8 Å². The Morgan fingerprint density at radius 1 is 1.17 bits per heavy atom. The topological polar surface area (TPSA) is 88.1 Å². The monoisotopic (exact) mass is 333 g/mol. The van der Waals surface area contributed by atoms with Gasteiger partial charge in [-0.05, 0) is 37.1 Å². The van der Waals surface area contributed by atoms with Crippen LogP contribution < -0.4 is 16.0 Å². The number of aromatic nitrogens is 2. The second kappa shape index (κ2) is 6.70. The molecule has 1 fully saturated rings. The number of anilines is 2. The maximum Gasteiger partial charge on any atom is 0.323 e. The molecule has 3 N–H and O–H groups in total. The van der Waals surface area contributed by atoms with Gasteiger partial charge in [0.25, 0.3) is 0 Å². The number of urea groups is 1. The number of nitrogens with zero attached hydrogens (tertiary/aromatic N) is 2. The quantitative estimate of drug-likeness (QED) is 0.785. The van der Waals surface area contributed by atoms with E-state index in [4.69, 9.17) is 11.6 Å². The highest BCUT2D eigenvalue weighted by atomic mass is 35.5. The molecule has 0 bridgehead atoms. The first-order valence-corrected chi connectivity index (χ1v) is 7.62. The van der Waals surface area contributed by atoms with E-state index >= 15 is 0 Å². The zero-order valence-electron chi connectivity index (χ0n) is 12.3. The highest BCUT2D eigenvalue weighted by Crippen LogP contribution is 2.18. The number of carbonyl (C=O) groups excluding carboxylic acids is 2. The van der Waals surface area contributed by atoms with E-state index in [0.29, 0.717) is 22.4 Å². The van der Waals surface area contributed by atoms with E-state index in [2.05, 4.69) is 21.0 Å². The Hall–Kier alpha value is -2.54. The van der Waals surface area contributed by atoms with Gasteiger partial charge in [-0.15, -0.1) is 0 Å². The van der Waals surface area contributed by atoms with Crippen LogP contribution >= 0.6 is 11.6 Å². The lowest BCUT2D eigenvalue weighted by molar-refractivity contribution is -0.122. The third-order valence-corrected chi connectivity index (χ3v) is 3.49. The number of amides is 3. The molecule has 0 radical (unpaired) electrons. The second-order valence-corrected chi connectivity index (χ2v) is 5.79. The Morgan fingerprint density at radius 2 is 1.87 bits per heavy atom. The molecular weight excluding hydrogens is 318 g/mol. The van der Waals surface area contributed by atoms with Crippen LogP contribution in [-0.4, -0.2) is 27.8 Å². The molecule has 1 aliphatic rings. The lowest BCUT2D eigenvalue weighted by Gasteiger charge is -2.06. The number of halogens is 1. The normalized spacial score (nSPS) is 13.4. The fraction of sp³-hybridized carbons (Fsp3) is 0.267. The van der Waals surface area contributed by atoms with Crippen LogP contribution in [0, 0.1) is 0 Å². The summed E-state index contributed by atoms with van der Waals surface area (Å²) in [5.74, 6) is -0.0761. The first-order chi connectivity index (χ1) is 11.1. The van der Waals surface area contributed by atoms with Gasteiger partial charge >= 0.3 is 6.03 Å². The zero-order valence-corrected chi connectivity index (χ0v) is 13.0. The van der Waals surface area contributed by atoms with Gasteiger partial charge in [-0.25, -0.2) is 4.79 Å². The van der Waals surface area contributed by atoms with Gasteiger partial charge in [0.2, 0.25) is 5.91 Å². The van der Waals surface area contributed by atoms with E-state index in [-0.39, 0.29) is 12.5 Å². The number of hydrogen-bond donors (Lipinski definition) is 3. The van der Waals surface area contributed by atoms with Crippen LogP contribution in [0.15, 0.2) is 36.7 Å². The minimum Gasteiger partial charge on any atom is -0.352 e. The zero-order chi connectivity index (χ0) is 16.2. The maximum atomic E-state index is 11.9.